The van der Waals surface area contributed by atoms with Crippen LogP contribution in [0.5, 0.6) is 11.5 Å². The van der Waals surface area contributed by atoms with Crippen LogP contribution in [0, 0.1) is 10.1 Å². The van der Waals surface area contributed by atoms with Crippen molar-refractivity contribution in [3.63, 3.8) is 0 Å². The van der Waals surface area contributed by atoms with Gasteiger partial charge >= 0.3 is 0 Å². The van der Waals surface area contributed by atoms with Gasteiger partial charge in [-0.25, -0.2) is 0 Å². The Kier molecular flexibility index (Phi) is 6.73. The molecule has 8 nitrogen and oxygen atoms in total. The topological polar surface area (TPSA) is 93.9 Å². The Labute approximate surface area is 157 Å². The van der Waals surface area contributed by atoms with Crippen LogP contribution < -0.4 is 14.8 Å². The van der Waals surface area contributed by atoms with Crippen molar-refractivity contribution < 1.29 is 19.2 Å². The van der Waals surface area contributed by atoms with Crippen molar-refractivity contribution >= 4 is 17.3 Å². The van der Waals surface area contributed by atoms with Gasteiger partial charge in [0.2, 0.25) is 5.91 Å². The van der Waals surface area contributed by atoms with Gasteiger partial charge in [-0.05, 0) is 43.8 Å². The highest BCUT2D eigenvalue weighted by molar-refractivity contribution is 5.94. The van der Waals surface area contributed by atoms with Crippen LogP contribution in [0.15, 0.2) is 42.5 Å². The molecule has 0 fully saturated rings. The quantitative estimate of drug-likeness (QED) is 0.564. The van der Waals surface area contributed by atoms with Gasteiger partial charge in [0.1, 0.15) is 17.2 Å². The van der Waals surface area contributed by atoms with E-state index in [-0.39, 0.29) is 29.9 Å². The predicted octanol–water partition coefficient (Wildman–Crippen LogP) is 3.24. The van der Waals surface area contributed by atoms with Gasteiger partial charge in [-0.3, -0.25) is 19.8 Å². The first-order valence-corrected chi connectivity index (χ1v) is 8.32. The summed E-state index contributed by atoms with van der Waals surface area (Å²) < 4.78 is 10.1. The molecule has 1 N–H and O–H groups in total. The zero-order chi connectivity index (χ0) is 20.0. The van der Waals surface area contributed by atoms with E-state index in [4.69, 9.17) is 9.47 Å². The summed E-state index contributed by atoms with van der Waals surface area (Å²) in [7, 11) is 4.84. The number of likely N-dealkylation sites (N-methyl/N-ethyl adjacent to an activating group) is 1. The van der Waals surface area contributed by atoms with Gasteiger partial charge in [0.05, 0.1) is 31.8 Å². The fourth-order valence-electron chi connectivity index (χ4n) is 2.59. The first-order valence-electron chi connectivity index (χ1n) is 8.32. The zero-order valence-electron chi connectivity index (χ0n) is 15.8. The molecule has 0 aliphatic heterocycles. The maximum Gasteiger partial charge on any atom is 0.296 e. The number of rotatable bonds is 8. The molecule has 0 spiro atoms. The highest BCUT2D eigenvalue weighted by Gasteiger charge is 2.20. The van der Waals surface area contributed by atoms with Gasteiger partial charge in [-0.1, -0.05) is 12.1 Å². The van der Waals surface area contributed by atoms with Crippen LogP contribution in [0.2, 0.25) is 0 Å². The molecule has 1 atom stereocenters. The Morgan fingerprint density at radius 2 is 1.74 bits per heavy atom. The summed E-state index contributed by atoms with van der Waals surface area (Å²) in [6, 6.07) is 11.9. The molecule has 0 saturated heterocycles. The standard InChI is InChI=1S/C19H23N3O5/c1-13(14-5-7-15(26-3)8-6-14)21(2)12-19(23)20-17-10-9-16(27-4)11-18(17)22(24)25/h5-11,13H,12H2,1-4H3,(H,20,23)/t13-/m1/s1. The second kappa shape index (κ2) is 9.00. The van der Waals surface area contributed by atoms with Gasteiger partial charge in [0, 0.05) is 6.04 Å². The Morgan fingerprint density at radius 1 is 1.15 bits per heavy atom. The summed E-state index contributed by atoms with van der Waals surface area (Å²) >= 11 is 0. The predicted molar refractivity (Wildman–Crippen MR) is 102 cm³/mol. The number of hydrogen-bond acceptors (Lipinski definition) is 6. The van der Waals surface area contributed by atoms with Gasteiger partial charge in [0.15, 0.2) is 0 Å². The SMILES string of the molecule is COc1ccc([C@@H](C)N(C)CC(=O)Nc2ccc(OC)cc2[N+](=O)[O-])cc1. The summed E-state index contributed by atoms with van der Waals surface area (Å²) in [5.74, 6) is 0.772. The maximum atomic E-state index is 12.4. The smallest absolute Gasteiger partial charge is 0.296 e. The van der Waals surface area contributed by atoms with Crippen LogP contribution in [0.25, 0.3) is 0 Å². The molecule has 0 unspecified atom stereocenters. The number of carbonyl (C=O) groups excluding carboxylic acids is 1. The average molecular weight is 373 g/mol. The van der Waals surface area contributed by atoms with Crippen LogP contribution in [0.4, 0.5) is 11.4 Å². The number of benzene rings is 2. The molecule has 0 saturated carbocycles. The number of carbonyl (C=O) groups is 1. The normalized spacial score (nSPS) is 11.7. The number of nitrogens with one attached hydrogen (secondary N) is 1. The molecule has 8 heteroatoms. The monoisotopic (exact) mass is 373 g/mol. The third kappa shape index (κ3) is 5.18. The molecule has 2 aromatic rings. The molecule has 0 heterocycles. The van der Waals surface area contributed by atoms with Crippen LogP contribution in [0.1, 0.15) is 18.5 Å². The molecule has 0 radical (unpaired) electrons. The summed E-state index contributed by atoms with van der Waals surface area (Å²) in [5, 5.41) is 13.8. The summed E-state index contributed by atoms with van der Waals surface area (Å²) in [6.07, 6.45) is 0. The van der Waals surface area contributed by atoms with Crippen molar-refractivity contribution in [3.8, 4) is 11.5 Å². The summed E-state index contributed by atoms with van der Waals surface area (Å²) in [6.45, 7) is 2.06. The van der Waals surface area contributed by atoms with Crippen LogP contribution >= 0.6 is 0 Å². The van der Waals surface area contributed by atoms with E-state index in [0.717, 1.165) is 11.3 Å². The number of nitro benzene ring substituents is 1. The maximum absolute atomic E-state index is 12.4. The van der Waals surface area contributed by atoms with Gasteiger partial charge in [0.25, 0.3) is 5.69 Å². The van der Waals surface area contributed by atoms with Crippen molar-refractivity contribution in [2.45, 2.75) is 13.0 Å². The van der Waals surface area contributed by atoms with E-state index in [1.807, 2.05) is 43.1 Å². The number of anilines is 1. The van der Waals surface area contributed by atoms with E-state index in [9.17, 15) is 14.9 Å². The van der Waals surface area contributed by atoms with E-state index in [0.29, 0.717) is 5.75 Å². The Morgan fingerprint density at radius 3 is 2.30 bits per heavy atom. The second-order valence-corrected chi connectivity index (χ2v) is 6.05. The molecule has 144 valence electrons. The van der Waals surface area contributed by atoms with E-state index in [2.05, 4.69) is 5.32 Å². The van der Waals surface area contributed by atoms with Crippen LogP contribution in [-0.2, 0) is 4.79 Å². The van der Waals surface area contributed by atoms with Gasteiger partial charge in [-0.2, -0.15) is 0 Å². The largest absolute Gasteiger partial charge is 0.497 e. The minimum Gasteiger partial charge on any atom is -0.497 e. The van der Waals surface area contributed by atoms with Crippen LogP contribution in [0.3, 0.4) is 0 Å². The van der Waals surface area contributed by atoms with Crippen molar-refractivity contribution in [3.05, 3.63) is 58.1 Å². The van der Waals surface area contributed by atoms with Gasteiger partial charge < -0.3 is 14.8 Å². The minimum atomic E-state index is -0.554. The number of ether oxygens (including phenoxy) is 2. The Balaban J connectivity index is 2.05. The number of nitrogens with zero attached hydrogens (tertiary/aromatic N) is 2. The third-order valence-electron chi connectivity index (χ3n) is 4.33. The van der Waals surface area contributed by atoms with E-state index in [1.165, 1.54) is 19.2 Å². The number of hydrogen-bond donors (Lipinski definition) is 1. The van der Waals surface area contributed by atoms with E-state index >= 15 is 0 Å². The average Bonchev–Trinajstić information content (AvgIpc) is 2.67. The van der Waals surface area contributed by atoms with E-state index < -0.39 is 4.92 Å². The lowest BCUT2D eigenvalue weighted by Gasteiger charge is -2.24. The number of nitro groups is 1. The van der Waals surface area contributed by atoms with E-state index in [1.54, 1.807) is 13.2 Å². The summed E-state index contributed by atoms with van der Waals surface area (Å²) in [5.41, 5.74) is 0.950. The first-order chi connectivity index (χ1) is 12.8. The van der Waals surface area contributed by atoms with Gasteiger partial charge in [-0.15, -0.1) is 0 Å². The molecule has 2 rings (SSSR count). The molecular weight excluding hydrogens is 350 g/mol. The third-order valence-corrected chi connectivity index (χ3v) is 4.33. The lowest BCUT2D eigenvalue weighted by molar-refractivity contribution is -0.384. The zero-order valence-corrected chi connectivity index (χ0v) is 15.8. The molecule has 0 aliphatic carbocycles. The molecule has 27 heavy (non-hydrogen) atoms. The summed E-state index contributed by atoms with van der Waals surface area (Å²) in [4.78, 5) is 24.9. The molecule has 1 amide bonds. The number of methoxy groups -OCH3 is 2. The molecule has 0 aromatic heterocycles. The first kappa shape index (κ1) is 20.2. The highest BCUT2D eigenvalue weighted by Crippen LogP contribution is 2.29. The molecule has 0 aliphatic rings. The second-order valence-electron chi connectivity index (χ2n) is 6.05. The fraction of sp³-hybridized carbons (Fsp3) is 0.316. The van der Waals surface area contributed by atoms with Crippen LogP contribution in [-0.4, -0.2) is 43.5 Å². The lowest BCUT2D eigenvalue weighted by atomic mass is 10.1. The van der Waals surface area contributed by atoms with Crippen molar-refractivity contribution in [1.29, 1.82) is 0 Å². The fourth-order valence-corrected chi connectivity index (χ4v) is 2.59. The van der Waals surface area contributed by atoms with Crippen molar-refractivity contribution in [2.75, 3.05) is 33.1 Å². The Hall–Kier alpha value is -3.13. The lowest BCUT2D eigenvalue weighted by Crippen LogP contribution is -2.32. The molecule has 2 aromatic carbocycles. The Bertz CT molecular complexity index is 807. The highest BCUT2D eigenvalue weighted by atomic mass is 16.6. The van der Waals surface area contributed by atoms with Crippen molar-refractivity contribution in [1.82, 2.24) is 4.90 Å². The molecule has 0 bridgehead atoms. The molecular formula is C19H23N3O5. The number of amides is 1. The minimum absolute atomic E-state index is 0.0208. The van der Waals surface area contributed by atoms with Crippen molar-refractivity contribution in [2.24, 2.45) is 0 Å².